The van der Waals surface area contributed by atoms with E-state index in [0.717, 1.165) is 4.90 Å². The van der Waals surface area contributed by atoms with Gasteiger partial charge in [-0.3, -0.25) is 4.79 Å². The van der Waals surface area contributed by atoms with Crippen molar-refractivity contribution in [1.29, 1.82) is 0 Å². The Morgan fingerprint density at radius 2 is 1.95 bits per heavy atom. The number of carbonyl (C=O) groups excluding carboxylic acids is 3. The minimum Gasteiger partial charge on any atom is -0.385 e. The third-order valence-corrected chi connectivity index (χ3v) is 2.93. The molecule has 1 rings (SSSR count). The minimum absolute atomic E-state index is 0.205. The normalized spacial score (nSPS) is 9.91. The Hall–Kier alpha value is -2.41. The third-order valence-electron chi connectivity index (χ3n) is 2.93. The smallest absolute Gasteiger partial charge is 0.333 e. The zero-order valence-electron chi connectivity index (χ0n) is 12.7. The number of nitrogens with one attached hydrogen (secondary N) is 1. The lowest BCUT2D eigenvalue weighted by Crippen LogP contribution is -2.50. The van der Waals surface area contributed by atoms with Gasteiger partial charge in [-0.25, -0.2) is 14.5 Å². The monoisotopic (exact) mass is 306 g/mol. The van der Waals surface area contributed by atoms with E-state index in [-0.39, 0.29) is 6.54 Å². The van der Waals surface area contributed by atoms with E-state index in [1.54, 1.807) is 43.7 Å². The number of urea groups is 2. The van der Waals surface area contributed by atoms with Crippen molar-refractivity contribution >= 4 is 24.0 Å². The first-order chi connectivity index (χ1) is 10.7. The van der Waals surface area contributed by atoms with E-state index in [2.05, 4.69) is 5.32 Å². The average Bonchev–Trinajstić information content (AvgIpc) is 2.55. The summed E-state index contributed by atoms with van der Waals surface area (Å²) in [4.78, 5) is 37.6. The second-order valence-electron chi connectivity index (χ2n) is 4.42. The maximum Gasteiger partial charge on any atom is 0.333 e. The van der Waals surface area contributed by atoms with Crippen LogP contribution < -0.4 is 10.2 Å². The van der Waals surface area contributed by atoms with Gasteiger partial charge in [0, 0.05) is 27.3 Å². The molecule has 0 atom stereocenters. The molecule has 0 aliphatic rings. The molecule has 0 unspecified atom stereocenters. The second-order valence-corrected chi connectivity index (χ2v) is 4.42. The highest BCUT2D eigenvalue weighted by Crippen LogP contribution is 2.16. The number of rotatable bonds is 7. The number of methoxy groups -OCH3 is 1. The molecule has 0 aromatic heterocycles. The van der Waals surface area contributed by atoms with Crippen molar-refractivity contribution in [1.82, 2.24) is 10.2 Å². The van der Waals surface area contributed by atoms with Crippen LogP contribution in [-0.2, 0) is 9.53 Å². The molecule has 7 nitrogen and oxygen atoms in total. The largest absolute Gasteiger partial charge is 0.385 e. The molecule has 119 valence electrons. The Morgan fingerprint density at radius 3 is 2.50 bits per heavy atom. The standard InChI is InChI=1S/C15H20N3O4/c1-16-14(20)18(13-7-4-3-5-8-13)15(21)17(10-11-19)9-6-12-22-2/h3-5,7-8H,6,9-10,12H2,1-2H3,(H,16,20). The van der Waals surface area contributed by atoms with Crippen molar-refractivity contribution in [3.8, 4) is 0 Å². The van der Waals surface area contributed by atoms with Gasteiger partial charge in [0.15, 0.2) is 0 Å². The van der Waals surface area contributed by atoms with Gasteiger partial charge in [0.25, 0.3) is 0 Å². The van der Waals surface area contributed by atoms with Crippen LogP contribution >= 0.6 is 0 Å². The van der Waals surface area contributed by atoms with Crippen LogP contribution in [0.1, 0.15) is 6.42 Å². The molecule has 0 fully saturated rings. The van der Waals surface area contributed by atoms with E-state index in [9.17, 15) is 14.4 Å². The molecule has 0 saturated heterocycles. The molecule has 0 aliphatic heterocycles. The Morgan fingerprint density at radius 1 is 1.27 bits per heavy atom. The van der Waals surface area contributed by atoms with Crippen molar-refractivity contribution in [3.63, 3.8) is 0 Å². The predicted molar refractivity (Wildman–Crippen MR) is 82.5 cm³/mol. The van der Waals surface area contributed by atoms with Crippen LogP contribution in [0.25, 0.3) is 0 Å². The zero-order chi connectivity index (χ0) is 16.4. The summed E-state index contributed by atoms with van der Waals surface area (Å²) in [6.45, 7) is 0.541. The molecule has 22 heavy (non-hydrogen) atoms. The highest BCUT2D eigenvalue weighted by Gasteiger charge is 2.27. The first kappa shape index (κ1) is 17.6. The predicted octanol–water partition coefficient (Wildman–Crippen LogP) is 1.40. The van der Waals surface area contributed by atoms with Gasteiger partial charge in [-0.1, -0.05) is 18.2 Å². The molecule has 0 bridgehead atoms. The van der Waals surface area contributed by atoms with Crippen LogP contribution in [0.15, 0.2) is 30.3 Å². The van der Waals surface area contributed by atoms with E-state index >= 15 is 0 Å². The molecule has 4 amide bonds. The van der Waals surface area contributed by atoms with Crippen LogP contribution in [0.2, 0.25) is 0 Å². The molecule has 0 aliphatic carbocycles. The molecule has 1 aromatic carbocycles. The number of hydrogen-bond acceptors (Lipinski definition) is 4. The number of para-hydroxylation sites is 1. The van der Waals surface area contributed by atoms with Gasteiger partial charge >= 0.3 is 12.1 Å². The van der Waals surface area contributed by atoms with Gasteiger partial charge in [0.05, 0.1) is 12.2 Å². The van der Waals surface area contributed by atoms with Gasteiger partial charge in [-0.2, -0.15) is 0 Å². The van der Waals surface area contributed by atoms with Crippen LogP contribution in [-0.4, -0.2) is 57.1 Å². The first-order valence-electron chi connectivity index (χ1n) is 6.85. The highest BCUT2D eigenvalue weighted by molar-refractivity contribution is 6.13. The van der Waals surface area contributed by atoms with Crippen molar-refractivity contribution in [2.45, 2.75) is 6.42 Å². The second kappa shape index (κ2) is 9.51. The molecule has 0 heterocycles. The fourth-order valence-corrected chi connectivity index (χ4v) is 1.86. The van der Waals surface area contributed by atoms with Gasteiger partial charge in [0.2, 0.25) is 6.29 Å². The minimum atomic E-state index is -0.579. The van der Waals surface area contributed by atoms with Crippen LogP contribution in [0, 0.1) is 0 Å². The number of benzene rings is 1. The molecule has 1 radical (unpaired) electrons. The maximum atomic E-state index is 12.6. The molecule has 7 heteroatoms. The summed E-state index contributed by atoms with van der Waals surface area (Å²) in [6.07, 6.45) is 2.25. The summed E-state index contributed by atoms with van der Waals surface area (Å²) in [5.74, 6) is 0. The lowest BCUT2D eigenvalue weighted by molar-refractivity contribution is 0.175. The number of carbonyl (C=O) groups is 2. The van der Waals surface area contributed by atoms with Gasteiger partial charge in [-0.15, -0.1) is 0 Å². The molecule has 1 aromatic rings. The van der Waals surface area contributed by atoms with Crippen LogP contribution in [0.4, 0.5) is 15.3 Å². The van der Waals surface area contributed by atoms with Crippen molar-refractivity contribution in [2.75, 3.05) is 38.8 Å². The maximum absolute atomic E-state index is 12.6. The topological polar surface area (TPSA) is 79.0 Å². The Balaban J connectivity index is 2.97. The Labute approximate surface area is 129 Å². The van der Waals surface area contributed by atoms with Crippen LogP contribution in [0.3, 0.4) is 0 Å². The average molecular weight is 306 g/mol. The Kier molecular flexibility index (Phi) is 7.63. The fraction of sp³-hybridized carbons (Fsp3) is 0.400. The fourth-order valence-electron chi connectivity index (χ4n) is 1.86. The molecule has 1 N–H and O–H groups in total. The van der Waals surface area contributed by atoms with Gasteiger partial charge in [0.1, 0.15) is 0 Å². The summed E-state index contributed by atoms with van der Waals surface area (Å²) in [6, 6.07) is 7.37. The number of amides is 4. The van der Waals surface area contributed by atoms with Crippen molar-refractivity contribution in [3.05, 3.63) is 30.3 Å². The van der Waals surface area contributed by atoms with Crippen molar-refractivity contribution < 1.29 is 19.1 Å². The van der Waals surface area contributed by atoms with E-state index in [1.165, 1.54) is 11.9 Å². The molecule has 0 spiro atoms. The molecule has 0 saturated carbocycles. The van der Waals surface area contributed by atoms with E-state index in [4.69, 9.17) is 4.74 Å². The number of anilines is 1. The van der Waals surface area contributed by atoms with E-state index in [0.29, 0.717) is 25.3 Å². The van der Waals surface area contributed by atoms with E-state index in [1.807, 2.05) is 0 Å². The van der Waals surface area contributed by atoms with Crippen molar-refractivity contribution in [2.24, 2.45) is 0 Å². The summed E-state index contributed by atoms with van der Waals surface area (Å²) < 4.78 is 4.93. The SMILES string of the molecule is CNC(=O)N(C(=O)N(C[C]=O)CCCOC)c1ccccc1. The first-order valence-corrected chi connectivity index (χ1v) is 6.85. The van der Waals surface area contributed by atoms with Gasteiger partial charge < -0.3 is 15.0 Å². The lowest BCUT2D eigenvalue weighted by Gasteiger charge is -2.27. The molecular weight excluding hydrogens is 286 g/mol. The highest BCUT2D eigenvalue weighted by atomic mass is 16.5. The quantitative estimate of drug-likeness (QED) is 0.772. The number of ether oxygens (including phenoxy) is 1. The summed E-state index contributed by atoms with van der Waals surface area (Å²) in [5, 5.41) is 2.42. The lowest BCUT2D eigenvalue weighted by atomic mass is 10.3. The Bertz CT molecular complexity index is 493. The zero-order valence-corrected chi connectivity index (χ0v) is 12.7. The number of nitrogens with zero attached hydrogens (tertiary/aromatic N) is 2. The van der Waals surface area contributed by atoms with Crippen LogP contribution in [0.5, 0.6) is 0 Å². The summed E-state index contributed by atoms with van der Waals surface area (Å²) in [5.41, 5.74) is 0.425. The summed E-state index contributed by atoms with van der Waals surface area (Å²) >= 11 is 0. The van der Waals surface area contributed by atoms with Gasteiger partial charge in [-0.05, 0) is 18.6 Å². The third kappa shape index (κ3) is 4.85. The molecular formula is C15H20N3O4. The number of imide groups is 1. The number of hydrogen-bond donors (Lipinski definition) is 1. The van der Waals surface area contributed by atoms with E-state index < -0.39 is 12.1 Å². The summed E-state index contributed by atoms with van der Waals surface area (Å²) in [7, 11) is 2.99.